The average Bonchev–Trinajstić information content (AvgIpc) is 2.16. The number of aromatic amines is 1. The molecule has 0 saturated heterocycles. The zero-order chi connectivity index (χ0) is 11.4. The molecule has 1 aromatic heterocycles. The number of aromatic nitrogens is 2. The number of nitrogens with one attached hydrogen (secondary N) is 1. The minimum absolute atomic E-state index is 0.136. The molecule has 3 N–H and O–H groups in total. The lowest BCUT2D eigenvalue weighted by molar-refractivity contribution is 0.0996. The molecule has 1 heterocycles. The molecule has 1 aromatic rings. The first-order valence-electron chi connectivity index (χ1n) is 3.94. The first kappa shape index (κ1) is 11.3. The number of carbonyl (C=O) groups excluding carboxylic acids is 1. The van der Waals surface area contributed by atoms with Gasteiger partial charge in [-0.25, -0.2) is 4.98 Å². The summed E-state index contributed by atoms with van der Waals surface area (Å²) in [5.74, 6) is -0.750. The Morgan fingerprint density at radius 3 is 2.87 bits per heavy atom. The number of thioether (sulfide) groups is 1. The molecule has 78 valence electrons. The van der Waals surface area contributed by atoms with E-state index in [1.54, 1.807) is 12.3 Å². The monoisotopic (exact) mass is 224 g/mol. The van der Waals surface area contributed by atoms with Gasteiger partial charge in [0, 0.05) is 0 Å². The zero-order valence-corrected chi connectivity index (χ0v) is 8.72. The van der Waals surface area contributed by atoms with Gasteiger partial charge < -0.3 is 10.7 Å². The van der Waals surface area contributed by atoms with Gasteiger partial charge in [-0.1, -0.05) is 11.8 Å². The number of nitrogen functional groups attached to an aromatic ring is 1. The van der Waals surface area contributed by atoms with Crippen LogP contribution in [0.2, 0.25) is 0 Å². The molecule has 0 aliphatic heterocycles. The number of hydrogen-bond acceptors (Lipinski definition) is 6. The van der Waals surface area contributed by atoms with Crippen LogP contribution in [0.3, 0.4) is 0 Å². The van der Waals surface area contributed by atoms with Crippen molar-refractivity contribution in [2.45, 2.75) is 11.6 Å². The van der Waals surface area contributed by atoms with Crippen LogP contribution in [0.1, 0.15) is 16.8 Å². The molecular weight excluding hydrogens is 216 g/mol. The molecule has 0 fully saturated rings. The maximum Gasteiger partial charge on any atom is 0.264 e. The first-order chi connectivity index (χ1) is 7.10. The highest BCUT2D eigenvalue weighted by Crippen LogP contribution is 2.11. The Morgan fingerprint density at radius 1 is 1.73 bits per heavy atom. The largest absolute Gasteiger partial charge is 0.383 e. The third kappa shape index (κ3) is 2.35. The summed E-state index contributed by atoms with van der Waals surface area (Å²) in [6, 6.07) is 1.66. The quantitative estimate of drug-likeness (QED) is 0.430. The van der Waals surface area contributed by atoms with Crippen LogP contribution >= 0.6 is 11.8 Å². The summed E-state index contributed by atoms with van der Waals surface area (Å²) in [7, 11) is 0. The number of carbonyl (C=O) groups is 1. The van der Waals surface area contributed by atoms with Crippen LogP contribution in [-0.2, 0) is 0 Å². The van der Waals surface area contributed by atoms with Crippen LogP contribution in [-0.4, -0.2) is 22.0 Å². The Balaban J connectivity index is 3.27. The number of anilines is 1. The number of nitriles is 1. The van der Waals surface area contributed by atoms with Crippen molar-refractivity contribution in [2.24, 2.45) is 0 Å². The summed E-state index contributed by atoms with van der Waals surface area (Å²) in [5, 5.41) is 8.67. The average molecular weight is 224 g/mol. The second-order valence-corrected chi connectivity index (χ2v) is 3.39. The van der Waals surface area contributed by atoms with E-state index < -0.39 is 11.3 Å². The van der Waals surface area contributed by atoms with Crippen molar-refractivity contribution in [1.82, 2.24) is 9.97 Å². The highest BCUT2D eigenvalue weighted by Gasteiger charge is 2.16. The molecule has 0 amide bonds. The van der Waals surface area contributed by atoms with Crippen molar-refractivity contribution < 1.29 is 4.79 Å². The van der Waals surface area contributed by atoms with Gasteiger partial charge in [0.05, 0.1) is 12.5 Å². The molecule has 0 bridgehead atoms. The van der Waals surface area contributed by atoms with Gasteiger partial charge in [-0.3, -0.25) is 9.59 Å². The molecule has 0 radical (unpaired) electrons. The third-order valence-electron chi connectivity index (χ3n) is 1.64. The van der Waals surface area contributed by atoms with E-state index in [1.165, 1.54) is 11.8 Å². The van der Waals surface area contributed by atoms with Crippen molar-refractivity contribution in [2.75, 3.05) is 12.0 Å². The Morgan fingerprint density at radius 2 is 2.40 bits per heavy atom. The summed E-state index contributed by atoms with van der Waals surface area (Å²) in [6.45, 7) is 0. The number of hydrogen-bond donors (Lipinski definition) is 2. The van der Waals surface area contributed by atoms with E-state index in [0.29, 0.717) is 5.16 Å². The van der Waals surface area contributed by atoms with E-state index in [0.717, 1.165) is 0 Å². The fourth-order valence-corrected chi connectivity index (χ4v) is 1.38. The number of nitrogens with zero attached hydrogens (tertiary/aromatic N) is 2. The lowest BCUT2D eigenvalue weighted by atomic mass is 10.1. The molecule has 0 atom stereocenters. The lowest BCUT2D eigenvalue weighted by Crippen LogP contribution is -2.22. The Bertz CT molecular complexity index is 488. The molecule has 0 aromatic carbocycles. The van der Waals surface area contributed by atoms with Crippen LogP contribution in [0, 0.1) is 11.3 Å². The van der Waals surface area contributed by atoms with E-state index in [1.807, 2.05) is 0 Å². The van der Waals surface area contributed by atoms with E-state index in [4.69, 9.17) is 11.0 Å². The summed E-state index contributed by atoms with van der Waals surface area (Å²) in [6.07, 6.45) is 1.34. The molecule has 0 aliphatic carbocycles. The molecule has 6 nitrogen and oxygen atoms in total. The maximum absolute atomic E-state index is 11.4. The molecule has 15 heavy (non-hydrogen) atoms. The van der Waals surface area contributed by atoms with Gasteiger partial charge in [-0.2, -0.15) is 5.26 Å². The van der Waals surface area contributed by atoms with E-state index in [2.05, 4.69) is 9.97 Å². The Kier molecular flexibility index (Phi) is 3.46. The van der Waals surface area contributed by atoms with Crippen molar-refractivity contribution in [3.8, 4) is 6.07 Å². The number of ketones is 1. The van der Waals surface area contributed by atoms with E-state index in [-0.39, 0.29) is 17.8 Å². The summed E-state index contributed by atoms with van der Waals surface area (Å²) in [5.41, 5.74) is 4.61. The summed E-state index contributed by atoms with van der Waals surface area (Å²) < 4.78 is 0. The molecule has 0 aliphatic rings. The zero-order valence-electron chi connectivity index (χ0n) is 7.90. The van der Waals surface area contributed by atoms with Crippen molar-refractivity contribution >= 4 is 23.4 Å². The normalized spacial score (nSPS) is 9.60. The fraction of sp³-hybridized carbons (Fsp3) is 0.250. The van der Waals surface area contributed by atoms with Gasteiger partial charge in [0.1, 0.15) is 11.4 Å². The summed E-state index contributed by atoms with van der Waals surface area (Å²) >= 11 is 1.21. The molecule has 0 unspecified atom stereocenters. The van der Waals surface area contributed by atoms with Crippen molar-refractivity contribution in [3.63, 3.8) is 0 Å². The van der Waals surface area contributed by atoms with Crippen LogP contribution in [0.5, 0.6) is 0 Å². The first-order valence-corrected chi connectivity index (χ1v) is 5.16. The lowest BCUT2D eigenvalue weighted by Gasteiger charge is -2.02. The standard InChI is InChI=1S/C8H8N4O2S/c1-15-8-11-6(10)5(7(14)12-8)4(13)2-3-9/h2H2,1H3,(H3,10,11,12,14). The predicted molar refractivity (Wildman–Crippen MR) is 55.6 cm³/mol. The highest BCUT2D eigenvalue weighted by atomic mass is 32.2. The van der Waals surface area contributed by atoms with Gasteiger partial charge >= 0.3 is 0 Å². The van der Waals surface area contributed by atoms with Crippen molar-refractivity contribution in [1.29, 1.82) is 5.26 Å². The molecule has 0 spiro atoms. The van der Waals surface area contributed by atoms with Crippen LogP contribution in [0.15, 0.2) is 9.95 Å². The molecule has 0 saturated carbocycles. The number of H-pyrrole nitrogens is 1. The van der Waals surface area contributed by atoms with Gasteiger partial charge in [0.15, 0.2) is 10.9 Å². The minimum atomic E-state index is -0.614. The minimum Gasteiger partial charge on any atom is -0.383 e. The molecule has 7 heteroatoms. The second-order valence-electron chi connectivity index (χ2n) is 2.59. The number of rotatable bonds is 3. The van der Waals surface area contributed by atoms with Gasteiger partial charge in [0.2, 0.25) is 0 Å². The van der Waals surface area contributed by atoms with E-state index in [9.17, 15) is 9.59 Å². The smallest absolute Gasteiger partial charge is 0.264 e. The Labute approximate surface area is 89.5 Å². The molecule has 1 rings (SSSR count). The van der Waals surface area contributed by atoms with Crippen molar-refractivity contribution in [3.05, 3.63) is 15.9 Å². The second kappa shape index (κ2) is 4.61. The number of Topliss-reactive ketones (excluding diaryl/α,β-unsaturated/α-hetero) is 1. The predicted octanol–water partition coefficient (Wildman–Crippen LogP) is 0.170. The SMILES string of the molecule is CSc1nc(N)c(C(=O)CC#N)c(=O)[nH]1. The third-order valence-corrected chi connectivity index (χ3v) is 2.22. The molecular formula is C8H8N4O2S. The number of nitrogens with two attached hydrogens (primary N) is 1. The van der Waals surface area contributed by atoms with E-state index >= 15 is 0 Å². The van der Waals surface area contributed by atoms with Crippen LogP contribution in [0.4, 0.5) is 5.82 Å². The summed E-state index contributed by atoms with van der Waals surface area (Å²) in [4.78, 5) is 28.9. The van der Waals surface area contributed by atoms with Crippen LogP contribution < -0.4 is 11.3 Å². The van der Waals surface area contributed by atoms with Gasteiger partial charge in [-0.15, -0.1) is 0 Å². The van der Waals surface area contributed by atoms with Gasteiger partial charge in [0.25, 0.3) is 5.56 Å². The topological polar surface area (TPSA) is 113 Å². The Hall–Kier alpha value is -1.81. The van der Waals surface area contributed by atoms with Crippen LogP contribution in [0.25, 0.3) is 0 Å². The fourth-order valence-electron chi connectivity index (χ4n) is 0.996. The van der Waals surface area contributed by atoms with Gasteiger partial charge in [-0.05, 0) is 6.26 Å². The maximum atomic E-state index is 11.4. The highest BCUT2D eigenvalue weighted by molar-refractivity contribution is 7.98.